The maximum absolute atomic E-state index is 14.1. The van der Waals surface area contributed by atoms with Crippen molar-refractivity contribution in [1.82, 2.24) is 0 Å². The highest BCUT2D eigenvalue weighted by atomic mass is 79.9. The summed E-state index contributed by atoms with van der Waals surface area (Å²) in [5.74, 6) is -1.10. The molecular formula is C18H25BrFNO3S. The van der Waals surface area contributed by atoms with E-state index in [9.17, 15) is 14.0 Å². The van der Waals surface area contributed by atoms with Crippen LogP contribution in [0.25, 0.3) is 0 Å². The molecule has 1 rings (SSSR count). The van der Waals surface area contributed by atoms with Gasteiger partial charge in [0.1, 0.15) is 16.7 Å². The van der Waals surface area contributed by atoms with Crippen molar-refractivity contribution < 1.29 is 18.7 Å². The van der Waals surface area contributed by atoms with E-state index >= 15 is 0 Å². The fourth-order valence-electron chi connectivity index (χ4n) is 1.91. The Hall–Kier alpha value is -1.08. The Kier molecular flexibility index (Phi) is 7.93. The van der Waals surface area contributed by atoms with E-state index in [0.717, 1.165) is 0 Å². The summed E-state index contributed by atoms with van der Waals surface area (Å²) in [5, 5.41) is 2.08. The van der Waals surface area contributed by atoms with Crippen LogP contribution in [0.4, 0.5) is 10.1 Å². The van der Waals surface area contributed by atoms with E-state index in [0.29, 0.717) is 9.37 Å². The molecule has 0 radical (unpaired) electrons. The third-order valence-corrected chi connectivity index (χ3v) is 5.62. The summed E-state index contributed by atoms with van der Waals surface area (Å²) >= 11 is 4.62. The van der Waals surface area contributed by atoms with E-state index in [-0.39, 0.29) is 29.9 Å². The molecule has 0 spiro atoms. The summed E-state index contributed by atoms with van der Waals surface area (Å²) in [6.45, 7) is 11.0. The topological polar surface area (TPSA) is 55.4 Å². The van der Waals surface area contributed by atoms with Gasteiger partial charge in [-0.1, -0.05) is 20.8 Å². The zero-order chi connectivity index (χ0) is 19.4. The number of halogens is 2. The molecule has 1 amide bonds. The predicted octanol–water partition coefficient (Wildman–Crippen LogP) is 5.40. The van der Waals surface area contributed by atoms with Gasteiger partial charge in [0.2, 0.25) is 5.91 Å². The fourth-order valence-corrected chi connectivity index (χ4v) is 3.55. The number of carbonyl (C=O) groups excluding carboxylic acids is 2. The molecule has 0 aromatic heterocycles. The lowest BCUT2D eigenvalue weighted by Crippen LogP contribution is -2.33. The molecule has 0 heterocycles. The SMILES string of the molecule is CCC(=O)Nc1cc(SC(C(=O)OC(C)(C)C)C(C)C)c(Br)cc1F. The van der Waals surface area contributed by atoms with Crippen molar-refractivity contribution in [3.05, 3.63) is 22.4 Å². The second-order valence-electron chi connectivity index (χ2n) is 6.98. The Balaban J connectivity index is 3.10. The summed E-state index contributed by atoms with van der Waals surface area (Å²) in [7, 11) is 0. The van der Waals surface area contributed by atoms with E-state index in [1.165, 1.54) is 23.9 Å². The van der Waals surface area contributed by atoms with Gasteiger partial charge in [-0.25, -0.2) is 4.39 Å². The van der Waals surface area contributed by atoms with Crippen molar-refractivity contribution in [2.45, 2.75) is 63.7 Å². The van der Waals surface area contributed by atoms with Crippen LogP contribution in [0.2, 0.25) is 0 Å². The molecule has 0 aliphatic heterocycles. The van der Waals surface area contributed by atoms with Crippen LogP contribution >= 0.6 is 27.7 Å². The first-order valence-electron chi connectivity index (χ1n) is 8.13. The third-order valence-electron chi connectivity index (χ3n) is 3.12. The van der Waals surface area contributed by atoms with Gasteiger partial charge in [0, 0.05) is 15.8 Å². The van der Waals surface area contributed by atoms with Gasteiger partial charge in [-0.05, 0) is 54.8 Å². The summed E-state index contributed by atoms with van der Waals surface area (Å²) in [6, 6.07) is 2.83. The van der Waals surface area contributed by atoms with Crippen molar-refractivity contribution in [3.63, 3.8) is 0 Å². The molecule has 0 bridgehead atoms. The van der Waals surface area contributed by atoms with Gasteiger partial charge in [0.15, 0.2) is 0 Å². The summed E-state index contributed by atoms with van der Waals surface area (Å²) in [6.07, 6.45) is 0.254. The molecule has 1 unspecified atom stereocenters. The van der Waals surface area contributed by atoms with Crippen LogP contribution in [-0.4, -0.2) is 22.7 Å². The Morgan fingerprint density at radius 3 is 2.40 bits per heavy atom. The van der Waals surface area contributed by atoms with Gasteiger partial charge in [-0.3, -0.25) is 9.59 Å². The third kappa shape index (κ3) is 6.98. The van der Waals surface area contributed by atoms with Gasteiger partial charge in [-0.2, -0.15) is 0 Å². The van der Waals surface area contributed by atoms with Crippen LogP contribution in [0, 0.1) is 11.7 Å². The summed E-state index contributed by atoms with van der Waals surface area (Å²) in [5.41, 5.74) is -0.477. The maximum atomic E-state index is 14.1. The highest BCUT2D eigenvalue weighted by molar-refractivity contribution is 9.10. The average molecular weight is 434 g/mol. The molecule has 0 aliphatic rings. The standard InChI is InChI=1S/C18H25BrFNO3S/c1-7-15(22)21-13-9-14(11(19)8-12(13)20)25-16(10(2)3)17(23)24-18(4,5)6/h8-10,16H,7H2,1-6H3,(H,21,22). The number of nitrogens with one attached hydrogen (secondary N) is 1. The van der Waals surface area contributed by atoms with Crippen LogP contribution in [0.5, 0.6) is 0 Å². The molecule has 1 atom stereocenters. The number of thioether (sulfide) groups is 1. The van der Waals surface area contributed by atoms with Crippen molar-refractivity contribution in [2.24, 2.45) is 5.92 Å². The number of anilines is 1. The molecule has 1 aromatic carbocycles. The Morgan fingerprint density at radius 1 is 1.32 bits per heavy atom. The number of amides is 1. The van der Waals surface area contributed by atoms with Gasteiger partial charge in [0.25, 0.3) is 0 Å². The molecule has 0 aliphatic carbocycles. The highest BCUT2D eigenvalue weighted by Crippen LogP contribution is 2.37. The minimum absolute atomic E-state index is 0.0190. The lowest BCUT2D eigenvalue weighted by molar-refractivity contribution is -0.154. The molecule has 4 nitrogen and oxygen atoms in total. The normalized spacial score (nSPS) is 12.8. The minimum atomic E-state index is -0.578. The smallest absolute Gasteiger partial charge is 0.320 e. The molecule has 1 N–H and O–H groups in total. The number of esters is 1. The van der Waals surface area contributed by atoms with Crippen molar-refractivity contribution in [1.29, 1.82) is 0 Å². The highest BCUT2D eigenvalue weighted by Gasteiger charge is 2.29. The van der Waals surface area contributed by atoms with Crippen molar-refractivity contribution in [2.75, 3.05) is 5.32 Å². The quantitative estimate of drug-likeness (QED) is 0.482. The summed E-state index contributed by atoms with van der Waals surface area (Å²) < 4.78 is 20.1. The van der Waals surface area contributed by atoms with Crippen LogP contribution in [0.3, 0.4) is 0 Å². The van der Waals surface area contributed by atoms with E-state index in [2.05, 4.69) is 21.2 Å². The first-order chi connectivity index (χ1) is 11.4. The number of hydrogen-bond donors (Lipinski definition) is 1. The van der Waals surface area contributed by atoms with Gasteiger partial charge in [-0.15, -0.1) is 11.8 Å². The number of carbonyl (C=O) groups is 2. The fraction of sp³-hybridized carbons (Fsp3) is 0.556. The second kappa shape index (κ2) is 9.03. The number of benzene rings is 1. The number of ether oxygens (including phenoxy) is 1. The molecule has 140 valence electrons. The number of rotatable bonds is 6. The average Bonchev–Trinajstić information content (AvgIpc) is 2.46. The van der Waals surface area contributed by atoms with E-state index in [1.807, 2.05) is 34.6 Å². The number of hydrogen-bond acceptors (Lipinski definition) is 4. The maximum Gasteiger partial charge on any atom is 0.320 e. The van der Waals surface area contributed by atoms with E-state index in [4.69, 9.17) is 4.74 Å². The van der Waals surface area contributed by atoms with Crippen LogP contribution in [0.15, 0.2) is 21.5 Å². The zero-order valence-electron chi connectivity index (χ0n) is 15.4. The molecule has 1 aromatic rings. The van der Waals surface area contributed by atoms with E-state index in [1.54, 1.807) is 6.92 Å². The van der Waals surface area contributed by atoms with Gasteiger partial charge < -0.3 is 10.1 Å². The zero-order valence-corrected chi connectivity index (χ0v) is 17.8. The van der Waals surface area contributed by atoms with Crippen LogP contribution in [0.1, 0.15) is 48.0 Å². The molecular weight excluding hydrogens is 409 g/mol. The molecule has 0 fully saturated rings. The lowest BCUT2D eigenvalue weighted by Gasteiger charge is -2.26. The molecule has 25 heavy (non-hydrogen) atoms. The first-order valence-corrected chi connectivity index (χ1v) is 9.80. The minimum Gasteiger partial charge on any atom is -0.459 e. The van der Waals surface area contributed by atoms with Gasteiger partial charge in [0.05, 0.1) is 5.69 Å². The summed E-state index contributed by atoms with van der Waals surface area (Å²) in [4.78, 5) is 24.7. The lowest BCUT2D eigenvalue weighted by atomic mass is 10.1. The second-order valence-corrected chi connectivity index (χ2v) is 9.02. The monoisotopic (exact) mass is 433 g/mol. The first kappa shape index (κ1) is 22.0. The predicted molar refractivity (Wildman–Crippen MR) is 103 cm³/mol. The van der Waals surface area contributed by atoms with Crippen LogP contribution < -0.4 is 5.32 Å². The molecule has 0 saturated heterocycles. The van der Waals surface area contributed by atoms with Gasteiger partial charge >= 0.3 is 5.97 Å². The molecule has 0 saturated carbocycles. The van der Waals surface area contributed by atoms with E-state index < -0.39 is 16.7 Å². The van der Waals surface area contributed by atoms with Crippen molar-refractivity contribution in [3.8, 4) is 0 Å². The Morgan fingerprint density at radius 2 is 1.92 bits per heavy atom. The van der Waals surface area contributed by atoms with Crippen molar-refractivity contribution >= 4 is 45.3 Å². The van der Waals surface area contributed by atoms with Crippen LogP contribution in [-0.2, 0) is 14.3 Å². The molecule has 7 heteroatoms. The Labute approximate surface area is 161 Å². The largest absolute Gasteiger partial charge is 0.459 e. The Bertz CT molecular complexity index is 644.